The van der Waals surface area contributed by atoms with Gasteiger partial charge in [-0.15, -0.1) is 0 Å². The van der Waals surface area contributed by atoms with E-state index in [1.54, 1.807) is 0 Å². The molecule has 0 aliphatic heterocycles. The van der Waals surface area contributed by atoms with Crippen LogP contribution in [0.15, 0.2) is 30.3 Å². The van der Waals surface area contributed by atoms with Gasteiger partial charge in [-0.2, -0.15) is 0 Å². The van der Waals surface area contributed by atoms with Crippen LogP contribution in [0.5, 0.6) is 0 Å². The van der Waals surface area contributed by atoms with Gasteiger partial charge in [0.25, 0.3) is 0 Å². The van der Waals surface area contributed by atoms with E-state index in [9.17, 15) is 4.79 Å². The Bertz CT molecular complexity index is 468. The Kier molecular flexibility index (Phi) is 5.75. The monoisotopic (exact) mass is 289 g/mol. The first kappa shape index (κ1) is 15.5. The van der Waals surface area contributed by atoms with Crippen molar-refractivity contribution in [2.75, 3.05) is 6.54 Å². The maximum absolute atomic E-state index is 11.7. The molecule has 0 radical (unpaired) electrons. The van der Waals surface area contributed by atoms with Gasteiger partial charge in [-0.25, -0.2) is 4.79 Å². The molecule has 0 aromatic heterocycles. The number of ether oxygens (including phenoxy) is 1. The van der Waals surface area contributed by atoms with Crippen molar-refractivity contribution in [3.63, 3.8) is 0 Å². The molecule has 1 amide bonds. The Balaban J connectivity index is 1.71. The molecule has 0 atom stereocenters. The Morgan fingerprint density at radius 3 is 2.52 bits per heavy atom. The van der Waals surface area contributed by atoms with Gasteiger partial charge in [0.15, 0.2) is 0 Å². The molecule has 1 aliphatic rings. The SMILES string of the molecule is N=C(NC(=O)OCc1ccccc1)C1CCC(CN)CC1. The smallest absolute Gasteiger partial charge is 0.412 e. The van der Waals surface area contributed by atoms with Crippen LogP contribution in [0.4, 0.5) is 4.79 Å². The minimum atomic E-state index is -0.551. The standard InChI is InChI=1S/C16H23N3O2/c17-10-12-6-8-14(9-7-12)15(18)19-16(20)21-11-13-4-2-1-3-5-13/h1-5,12,14H,6-11,17H2,(H2,18,19,20). The molecule has 1 aromatic rings. The van der Waals surface area contributed by atoms with Gasteiger partial charge in [0.05, 0.1) is 0 Å². The first-order valence-electron chi connectivity index (χ1n) is 7.45. The molecule has 0 saturated heterocycles. The average molecular weight is 289 g/mol. The van der Waals surface area contributed by atoms with Crippen LogP contribution in [-0.2, 0) is 11.3 Å². The largest absolute Gasteiger partial charge is 0.444 e. The lowest BCUT2D eigenvalue weighted by atomic mass is 9.81. The van der Waals surface area contributed by atoms with Gasteiger partial charge in [0.1, 0.15) is 12.4 Å². The quantitative estimate of drug-likeness (QED) is 0.588. The molecule has 0 bridgehead atoms. The molecular weight excluding hydrogens is 266 g/mol. The number of carbonyl (C=O) groups excluding carboxylic acids is 1. The summed E-state index contributed by atoms with van der Waals surface area (Å²) in [6.45, 7) is 0.937. The molecular formula is C16H23N3O2. The maximum atomic E-state index is 11.7. The first-order valence-corrected chi connectivity index (χ1v) is 7.45. The fraction of sp³-hybridized carbons (Fsp3) is 0.500. The molecule has 2 rings (SSSR count). The van der Waals surface area contributed by atoms with Crippen molar-refractivity contribution in [1.82, 2.24) is 5.32 Å². The van der Waals surface area contributed by atoms with Gasteiger partial charge in [-0.3, -0.25) is 10.7 Å². The Labute approximate surface area is 125 Å². The van der Waals surface area contributed by atoms with Gasteiger partial charge in [0.2, 0.25) is 0 Å². The van der Waals surface area contributed by atoms with E-state index in [1.807, 2.05) is 30.3 Å². The molecule has 1 aliphatic carbocycles. The molecule has 5 heteroatoms. The van der Waals surface area contributed by atoms with Crippen molar-refractivity contribution in [2.45, 2.75) is 32.3 Å². The van der Waals surface area contributed by atoms with Crippen molar-refractivity contribution in [3.8, 4) is 0 Å². The zero-order valence-corrected chi connectivity index (χ0v) is 12.2. The van der Waals surface area contributed by atoms with E-state index in [1.165, 1.54) is 0 Å². The van der Waals surface area contributed by atoms with E-state index in [4.69, 9.17) is 15.9 Å². The van der Waals surface area contributed by atoms with Gasteiger partial charge < -0.3 is 10.5 Å². The normalized spacial score (nSPS) is 21.6. The number of hydrogen-bond donors (Lipinski definition) is 3. The van der Waals surface area contributed by atoms with E-state index >= 15 is 0 Å². The molecule has 114 valence electrons. The molecule has 4 N–H and O–H groups in total. The third-order valence-corrected chi connectivity index (χ3v) is 4.04. The zero-order chi connectivity index (χ0) is 15.1. The fourth-order valence-electron chi connectivity index (χ4n) is 2.66. The molecule has 21 heavy (non-hydrogen) atoms. The summed E-state index contributed by atoms with van der Waals surface area (Å²) in [4.78, 5) is 11.7. The minimum Gasteiger partial charge on any atom is -0.444 e. The molecule has 5 nitrogen and oxygen atoms in total. The van der Waals surface area contributed by atoms with Crippen LogP contribution >= 0.6 is 0 Å². The number of benzene rings is 1. The van der Waals surface area contributed by atoms with Gasteiger partial charge in [-0.05, 0) is 43.7 Å². The lowest BCUT2D eigenvalue weighted by molar-refractivity contribution is 0.144. The summed E-state index contributed by atoms with van der Waals surface area (Å²) in [7, 11) is 0. The number of carbonyl (C=O) groups is 1. The van der Waals surface area contributed by atoms with E-state index in [0.29, 0.717) is 12.5 Å². The van der Waals surface area contributed by atoms with Crippen molar-refractivity contribution >= 4 is 11.9 Å². The Morgan fingerprint density at radius 1 is 1.24 bits per heavy atom. The highest BCUT2D eigenvalue weighted by molar-refractivity contribution is 5.94. The van der Waals surface area contributed by atoms with Crippen LogP contribution in [0.3, 0.4) is 0 Å². The molecule has 1 fully saturated rings. The molecule has 0 spiro atoms. The summed E-state index contributed by atoms with van der Waals surface area (Å²) in [6, 6.07) is 9.50. The molecule has 1 aromatic carbocycles. The second kappa shape index (κ2) is 7.78. The lowest BCUT2D eigenvalue weighted by Gasteiger charge is -2.27. The number of amides is 1. The summed E-state index contributed by atoms with van der Waals surface area (Å²) >= 11 is 0. The van der Waals surface area contributed by atoms with Crippen molar-refractivity contribution in [1.29, 1.82) is 5.41 Å². The van der Waals surface area contributed by atoms with Crippen molar-refractivity contribution in [2.24, 2.45) is 17.6 Å². The van der Waals surface area contributed by atoms with Crippen LogP contribution in [0, 0.1) is 17.2 Å². The number of amidine groups is 1. The van der Waals surface area contributed by atoms with Crippen LogP contribution in [-0.4, -0.2) is 18.5 Å². The predicted molar refractivity (Wildman–Crippen MR) is 82.0 cm³/mol. The van der Waals surface area contributed by atoms with Crippen molar-refractivity contribution in [3.05, 3.63) is 35.9 Å². The number of rotatable bonds is 4. The Morgan fingerprint density at radius 2 is 1.90 bits per heavy atom. The number of nitrogens with one attached hydrogen (secondary N) is 2. The third-order valence-electron chi connectivity index (χ3n) is 4.04. The van der Waals surface area contributed by atoms with E-state index in [2.05, 4.69) is 5.32 Å². The summed E-state index contributed by atoms with van der Waals surface area (Å²) in [5.74, 6) is 0.958. The minimum absolute atomic E-state index is 0.122. The first-order chi connectivity index (χ1) is 10.2. The van der Waals surface area contributed by atoms with E-state index in [-0.39, 0.29) is 18.4 Å². The Hall–Kier alpha value is -1.88. The summed E-state index contributed by atoms with van der Waals surface area (Å²) in [5, 5.41) is 10.5. The second-order valence-electron chi connectivity index (χ2n) is 5.55. The highest BCUT2D eigenvalue weighted by atomic mass is 16.5. The molecule has 0 heterocycles. The second-order valence-corrected chi connectivity index (χ2v) is 5.55. The number of hydrogen-bond acceptors (Lipinski definition) is 4. The summed E-state index contributed by atoms with van der Waals surface area (Å²) in [5.41, 5.74) is 6.59. The molecule has 1 saturated carbocycles. The highest BCUT2D eigenvalue weighted by Crippen LogP contribution is 2.28. The van der Waals surface area contributed by atoms with E-state index in [0.717, 1.165) is 31.2 Å². The third kappa shape index (κ3) is 4.86. The topological polar surface area (TPSA) is 88.2 Å². The van der Waals surface area contributed by atoms with Crippen LogP contribution in [0.1, 0.15) is 31.2 Å². The van der Waals surface area contributed by atoms with E-state index < -0.39 is 6.09 Å². The van der Waals surface area contributed by atoms with Crippen molar-refractivity contribution < 1.29 is 9.53 Å². The number of nitrogens with two attached hydrogens (primary N) is 1. The molecule has 0 unspecified atom stereocenters. The summed E-state index contributed by atoms with van der Waals surface area (Å²) in [6.07, 6.45) is 3.35. The van der Waals surface area contributed by atoms with Crippen LogP contribution in [0.2, 0.25) is 0 Å². The predicted octanol–water partition coefficient (Wildman–Crippen LogP) is 2.66. The van der Waals surface area contributed by atoms with Gasteiger partial charge in [0, 0.05) is 5.92 Å². The van der Waals surface area contributed by atoms with Gasteiger partial charge >= 0.3 is 6.09 Å². The summed E-state index contributed by atoms with van der Waals surface area (Å²) < 4.78 is 5.12. The maximum Gasteiger partial charge on any atom is 0.412 e. The lowest BCUT2D eigenvalue weighted by Crippen LogP contribution is -2.37. The average Bonchev–Trinajstić information content (AvgIpc) is 2.54. The fourth-order valence-corrected chi connectivity index (χ4v) is 2.66. The highest BCUT2D eigenvalue weighted by Gasteiger charge is 2.24. The zero-order valence-electron chi connectivity index (χ0n) is 12.2. The van der Waals surface area contributed by atoms with Crippen LogP contribution < -0.4 is 11.1 Å². The van der Waals surface area contributed by atoms with Crippen LogP contribution in [0.25, 0.3) is 0 Å². The van der Waals surface area contributed by atoms with Gasteiger partial charge in [-0.1, -0.05) is 30.3 Å². The number of alkyl carbamates (subject to hydrolysis) is 1.